The van der Waals surface area contributed by atoms with Crippen LogP contribution in [0.5, 0.6) is 0 Å². The van der Waals surface area contributed by atoms with E-state index >= 15 is 0 Å². The first kappa shape index (κ1) is 11.2. The van der Waals surface area contributed by atoms with E-state index in [2.05, 4.69) is 20.9 Å². The molecular weight excluding hydrogens is 234 g/mol. The molecule has 0 bridgehead atoms. The quantitative estimate of drug-likeness (QED) is 0.869. The van der Waals surface area contributed by atoms with Crippen LogP contribution in [0.1, 0.15) is 30.7 Å². The van der Waals surface area contributed by atoms with Gasteiger partial charge in [-0.3, -0.25) is 4.40 Å². The van der Waals surface area contributed by atoms with Crippen molar-refractivity contribution in [1.82, 2.24) is 14.7 Å². The summed E-state index contributed by atoms with van der Waals surface area (Å²) >= 11 is 1.65. The van der Waals surface area contributed by atoms with Crippen molar-refractivity contribution in [2.75, 3.05) is 6.54 Å². The summed E-state index contributed by atoms with van der Waals surface area (Å²) < 4.78 is 2.12. The first-order valence-corrected chi connectivity index (χ1v) is 6.90. The van der Waals surface area contributed by atoms with Crippen molar-refractivity contribution < 1.29 is 5.11 Å². The largest absolute Gasteiger partial charge is 0.389 e. The van der Waals surface area contributed by atoms with Gasteiger partial charge in [0.1, 0.15) is 0 Å². The van der Waals surface area contributed by atoms with E-state index in [0.717, 1.165) is 36.5 Å². The maximum Gasteiger partial charge on any atom is 0.194 e. The maximum atomic E-state index is 10.00. The number of fused-ring (bicyclic) bond motifs is 1. The van der Waals surface area contributed by atoms with Gasteiger partial charge in [-0.05, 0) is 26.2 Å². The molecule has 1 aliphatic rings. The van der Waals surface area contributed by atoms with Crippen LogP contribution in [0.3, 0.4) is 0 Å². The fraction of sp³-hybridized carbons (Fsp3) is 0.583. The van der Waals surface area contributed by atoms with E-state index in [0.29, 0.717) is 6.54 Å². The first-order chi connectivity index (χ1) is 8.18. The molecule has 3 rings (SSSR count). The third-order valence-corrected chi connectivity index (χ3v) is 4.35. The zero-order valence-corrected chi connectivity index (χ0v) is 10.8. The third-order valence-electron chi connectivity index (χ3n) is 3.59. The Hall–Kier alpha value is -0.910. The number of aromatic nitrogens is 2. The van der Waals surface area contributed by atoms with Crippen molar-refractivity contribution in [3.63, 3.8) is 0 Å². The van der Waals surface area contributed by atoms with Crippen LogP contribution in [-0.2, 0) is 6.54 Å². The van der Waals surface area contributed by atoms with Gasteiger partial charge in [0.05, 0.1) is 17.0 Å². The Morgan fingerprint density at radius 1 is 1.59 bits per heavy atom. The molecule has 0 spiro atoms. The number of nitrogens with zero attached hydrogens (tertiary/aromatic N) is 2. The topological polar surface area (TPSA) is 49.6 Å². The van der Waals surface area contributed by atoms with E-state index in [4.69, 9.17) is 0 Å². The van der Waals surface area contributed by atoms with Crippen molar-refractivity contribution in [1.29, 1.82) is 0 Å². The lowest BCUT2D eigenvalue weighted by atomic mass is 9.80. The van der Waals surface area contributed by atoms with E-state index < -0.39 is 5.60 Å². The summed E-state index contributed by atoms with van der Waals surface area (Å²) in [6.07, 6.45) is 5.06. The van der Waals surface area contributed by atoms with E-state index in [-0.39, 0.29) is 0 Å². The summed E-state index contributed by atoms with van der Waals surface area (Å²) in [6.45, 7) is 3.49. The van der Waals surface area contributed by atoms with E-state index in [1.54, 1.807) is 11.3 Å². The molecule has 0 aliphatic heterocycles. The summed E-state index contributed by atoms with van der Waals surface area (Å²) in [5.41, 5.74) is 1.82. The van der Waals surface area contributed by atoms with Gasteiger partial charge in [-0.1, -0.05) is 0 Å². The van der Waals surface area contributed by atoms with Crippen molar-refractivity contribution >= 4 is 16.3 Å². The summed E-state index contributed by atoms with van der Waals surface area (Å²) in [5, 5.41) is 15.4. The molecule has 1 fully saturated rings. The van der Waals surface area contributed by atoms with Crippen LogP contribution in [0.25, 0.3) is 4.96 Å². The summed E-state index contributed by atoms with van der Waals surface area (Å²) in [4.78, 5) is 5.54. The van der Waals surface area contributed by atoms with E-state index in [1.165, 1.54) is 5.69 Å². The average Bonchev–Trinajstić information content (AvgIpc) is 2.79. The Bertz CT molecular complexity index is 527. The monoisotopic (exact) mass is 251 g/mol. The predicted octanol–water partition coefficient (Wildman–Crippen LogP) is 1.71. The second kappa shape index (κ2) is 4.08. The highest BCUT2D eigenvalue weighted by Crippen LogP contribution is 2.30. The van der Waals surface area contributed by atoms with Crippen LogP contribution in [0.2, 0.25) is 0 Å². The molecule has 0 aromatic carbocycles. The lowest BCUT2D eigenvalue weighted by molar-refractivity contribution is -0.0315. The van der Waals surface area contributed by atoms with Crippen LogP contribution in [0.4, 0.5) is 0 Å². The Morgan fingerprint density at radius 2 is 2.41 bits per heavy atom. The number of hydrogen-bond acceptors (Lipinski definition) is 4. The second-order valence-corrected chi connectivity index (χ2v) is 5.75. The molecule has 0 radical (unpaired) electrons. The Kier molecular flexibility index (Phi) is 2.69. The van der Waals surface area contributed by atoms with Crippen LogP contribution in [0, 0.1) is 6.92 Å². The molecule has 2 aromatic heterocycles. The van der Waals surface area contributed by atoms with E-state index in [1.807, 2.05) is 12.3 Å². The lowest BCUT2D eigenvalue weighted by Crippen LogP contribution is -2.46. The molecule has 2 aromatic rings. The van der Waals surface area contributed by atoms with Gasteiger partial charge in [0.15, 0.2) is 4.96 Å². The molecule has 0 saturated heterocycles. The minimum Gasteiger partial charge on any atom is -0.389 e. The third kappa shape index (κ3) is 1.99. The summed E-state index contributed by atoms with van der Waals surface area (Å²) in [7, 11) is 0. The van der Waals surface area contributed by atoms with Crippen LogP contribution in [-0.4, -0.2) is 26.6 Å². The fourth-order valence-electron chi connectivity index (χ4n) is 2.33. The molecule has 2 N–H and O–H groups in total. The molecule has 17 heavy (non-hydrogen) atoms. The zero-order valence-electron chi connectivity index (χ0n) is 9.94. The smallest absolute Gasteiger partial charge is 0.194 e. The molecule has 1 saturated carbocycles. The fourth-order valence-corrected chi connectivity index (χ4v) is 3.11. The van der Waals surface area contributed by atoms with Crippen molar-refractivity contribution in [2.24, 2.45) is 0 Å². The molecule has 0 unspecified atom stereocenters. The van der Waals surface area contributed by atoms with Crippen LogP contribution >= 0.6 is 11.3 Å². The van der Waals surface area contributed by atoms with Gasteiger partial charge in [0.2, 0.25) is 0 Å². The molecule has 2 heterocycles. The van der Waals surface area contributed by atoms with Gasteiger partial charge >= 0.3 is 0 Å². The minimum absolute atomic E-state index is 0.452. The highest BCUT2D eigenvalue weighted by atomic mass is 32.1. The average molecular weight is 251 g/mol. The Labute approximate surface area is 104 Å². The number of nitrogens with one attached hydrogen (secondary N) is 1. The Morgan fingerprint density at radius 3 is 3.12 bits per heavy atom. The number of aliphatic hydroxyl groups is 1. The lowest BCUT2D eigenvalue weighted by Gasteiger charge is -2.36. The van der Waals surface area contributed by atoms with Gasteiger partial charge in [0, 0.05) is 24.7 Å². The molecular formula is C12H17N3OS. The number of aryl methyl sites for hydroxylation is 1. The van der Waals surface area contributed by atoms with Gasteiger partial charge in [0.25, 0.3) is 0 Å². The first-order valence-electron chi connectivity index (χ1n) is 6.02. The highest BCUT2D eigenvalue weighted by Gasteiger charge is 2.33. The summed E-state index contributed by atoms with van der Waals surface area (Å²) in [6, 6.07) is 0. The van der Waals surface area contributed by atoms with Crippen molar-refractivity contribution in [2.45, 2.75) is 38.3 Å². The SMILES string of the molecule is Cc1nc2sccn2c1CNCC1(O)CCC1. The molecule has 4 nitrogen and oxygen atoms in total. The number of thiazole rings is 1. The van der Waals surface area contributed by atoms with E-state index in [9.17, 15) is 5.11 Å². The zero-order chi connectivity index (χ0) is 11.9. The Balaban J connectivity index is 1.67. The second-order valence-electron chi connectivity index (χ2n) is 4.88. The van der Waals surface area contributed by atoms with Crippen LogP contribution < -0.4 is 5.32 Å². The van der Waals surface area contributed by atoms with Gasteiger partial charge in [-0.25, -0.2) is 4.98 Å². The maximum absolute atomic E-state index is 10.00. The van der Waals surface area contributed by atoms with Gasteiger partial charge < -0.3 is 10.4 Å². The van der Waals surface area contributed by atoms with Crippen molar-refractivity contribution in [3.05, 3.63) is 23.0 Å². The number of rotatable bonds is 4. The van der Waals surface area contributed by atoms with Gasteiger partial charge in [-0.2, -0.15) is 0 Å². The highest BCUT2D eigenvalue weighted by molar-refractivity contribution is 7.15. The normalized spacial score (nSPS) is 18.5. The summed E-state index contributed by atoms with van der Waals surface area (Å²) in [5.74, 6) is 0. The molecule has 0 atom stereocenters. The van der Waals surface area contributed by atoms with Crippen molar-refractivity contribution in [3.8, 4) is 0 Å². The number of hydrogen-bond donors (Lipinski definition) is 2. The molecule has 92 valence electrons. The standard InChI is InChI=1S/C12H17N3OS/c1-9-10(15-5-6-17-11(15)14-9)7-13-8-12(16)3-2-4-12/h5-6,13,16H,2-4,7-8H2,1H3. The minimum atomic E-state index is -0.452. The predicted molar refractivity (Wildman–Crippen MR) is 68.3 cm³/mol. The number of imidazole rings is 1. The van der Waals surface area contributed by atoms with Gasteiger partial charge in [-0.15, -0.1) is 11.3 Å². The van der Waals surface area contributed by atoms with Crippen LogP contribution in [0.15, 0.2) is 11.6 Å². The molecule has 1 aliphatic carbocycles. The molecule has 5 heteroatoms. The molecule has 0 amide bonds.